The Morgan fingerprint density at radius 3 is 2.74 bits per heavy atom. The molecule has 1 aromatic rings. The van der Waals surface area contributed by atoms with E-state index in [1.807, 2.05) is 11.0 Å². The van der Waals surface area contributed by atoms with Gasteiger partial charge >= 0.3 is 0 Å². The Hall–Kier alpha value is -0.770. The van der Waals surface area contributed by atoms with Crippen LogP contribution in [0.5, 0.6) is 0 Å². The molecule has 1 atom stereocenters. The van der Waals surface area contributed by atoms with Crippen LogP contribution in [0, 0.1) is 5.41 Å². The summed E-state index contributed by atoms with van der Waals surface area (Å²) in [6.45, 7) is 4.26. The molecule has 104 valence electrons. The van der Waals surface area contributed by atoms with Crippen LogP contribution in [0.2, 0.25) is 10.0 Å². The van der Waals surface area contributed by atoms with Crippen LogP contribution in [-0.4, -0.2) is 30.4 Å². The molecule has 0 spiro atoms. The van der Waals surface area contributed by atoms with E-state index in [-0.39, 0.29) is 11.3 Å². The fourth-order valence-electron chi connectivity index (χ4n) is 2.34. The fraction of sp³-hybridized carbons (Fsp3) is 0.500. The van der Waals surface area contributed by atoms with Crippen molar-refractivity contribution >= 4 is 29.1 Å². The molecule has 1 aliphatic rings. The second kappa shape index (κ2) is 5.70. The molecule has 3 nitrogen and oxygen atoms in total. The van der Waals surface area contributed by atoms with Crippen molar-refractivity contribution < 1.29 is 4.79 Å². The van der Waals surface area contributed by atoms with E-state index >= 15 is 0 Å². The zero-order chi connectivity index (χ0) is 14.0. The van der Waals surface area contributed by atoms with Crippen molar-refractivity contribution in [2.24, 2.45) is 11.1 Å². The summed E-state index contributed by atoms with van der Waals surface area (Å²) in [5.41, 5.74) is 6.70. The lowest BCUT2D eigenvalue weighted by molar-refractivity contribution is -0.129. The number of carbonyl (C=O) groups is 1. The molecule has 0 aliphatic carbocycles. The minimum Gasteiger partial charge on any atom is -0.342 e. The van der Waals surface area contributed by atoms with Crippen LogP contribution < -0.4 is 5.73 Å². The van der Waals surface area contributed by atoms with Crippen molar-refractivity contribution in [3.8, 4) is 0 Å². The van der Waals surface area contributed by atoms with E-state index in [1.165, 1.54) is 0 Å². The zero-order valence-electron chi connectivity index (χ0n) is 11.0. The maximum Gasteiger partial charge on any atom is 0.227 e. The molecule has 19 heavy (non-hydrogen) atoms. The number of rotatable bonds is 3. The molecule has 2 N–H and O–H groups in total. The van der Waals surface area contributed by atoms with Crippen molar-refractivity contribution in [1.82, 2.24) is 4.90 Å². The second-order valence-corrected chi connectivity index (χ2v) is 6.32. The Morgan fingerprint density at radius 2 is 2.16 bits per heavy atom. The summed E-state index contributed by atoms with van der Waals surface area (Å²) in [6.07, 6.45) is 1.33. The van der Waals surface area contributed by atoms with Crippen LogP contribution in [0.15, 0.2) is 18.2 Å². The highest BCUT2D eigenvalue weighted by Gasteiger charge is 2.34. The van der Waals surface area contributed by atoms with Crippen molar-refractivity contribution in [3.05, 3.63) is 33.8 Å². The Bertz CT molecular complexity index is 492. The first-order chi connectivity index (χ1) is 8.93. The predicted molar refractivity (Wildman–Crippen MR) is 78.5 cm³/mol. The van der Waals surface area contributed by atoms with Gasteiger partial charge in [0.25, 0.3) is 0 Å². The summed E-state index contributed by atoms with van der Waals surface area (Å²) in [4.78, 5) is 14.1. The van der Waals surface area contributed by atoms with Gasteiger partial charge in [0, 0.05) is 13.1 Å². The highest BCUT2D eigenvalue weighted by molar-refractivity contribution is 6.42. The summed E-state index contributed by atoms with van der Waals surface area (Å²) in [6, 6.07) is 5.31. The molecule has 1 aromatic carbocycles. The summed E-state index contributed by atoms with van der Waals surface area (Å²) < 4.78 is 0. The summed E-state index contributed by atoms with van der Waals surface area (Å²) in [5.74, 6) is 0.121. The molecule has 2 rings (SSSR count). The number of nitrogens with two attached hydrogens (primary N) is 1. The molecule has 1 fully saturated rings. The van der Waals surface area contributed by atoms with Crippen LogP contribution in [0.3, 0.4) is 0 Å². The summed E-state index contributed by atoms with van der Waals surface area (Å²) >= 11 is 11.8. The average molecular weight is 301 g/mol. The highest BCUT2D eigenvalue weighted by atomic mass is 35.5. The van der Waals surface area contributed by atoms with Crippen LogP contribution in [-0.2, 0) is 11.2 Å². The smallest absolute Gasteiger partial charge is 0.227 e. The number of hydrogen-bond donors (Lipinski definition) is 1. The molecule has 1 heterocycles. The Balaban J connectivity index is 2.00. The molecule has 5 heteroatoms. The molecular weight excluding hydrogens is 283 g/mol. The van der Waals surface area contributed by atoms with E-state index in [2.05, 4.69) is 6.92 Å². The van der Waals surface area contributed by atoms with Crippen LogP contribution >= 0.6 is 23.2 Å². The maximum absolute atomic E-state index is 12.2. The molecule has 1 aliphatic heterocycles. The van der Waals surface area contributed by atoms with Gasteiger partial charge in [-0.15, -0.1) is 0 Å². The first kappa shape index (κ1) is 14.6. The largest absolute Gasteiger partial charge is 0.342 e. The van der Waals surface area contributed by atoms with Gasteiger partial charge in [-0.05, 0) is 36.1 Å². The van der Waals surface area contributed by atoms with E-state index < -0.39 is 0 Å². The van der Waals surface area contributed by atoms with E-state index in [0.717, 1.165) is 25.1 Å². The Kier molecular flexibility index (Phi) is 4.39. The van der Waals surface area contributed by atoms with Crippen molar-refractivity contribution in [1.29, 1.82) is 0 Å². The number of likely N-dealkylation sites (tertiary alicyclic amines) is 1. The van der Waals surface area contributed by atoms with E-state index in [0.29, 0.717) is 23.0 Å². The third-order valence-corrected chi connectivity index (χ3v) is 4.48. The molecule has 0 radical (unpaired) electrons. The van der Waals surface area contributed by atoms with Gasteiger partial charge in [-0.25, -0.2) is 0 Å². The topological polar surface area (TPSA) is 46.3 Å². The van der Waals surface area contributed by atoms with Crippen molar-refractivity contribution in [2.75, 3.05) is 19.6 Å². The number of nitrogens with zero attached hydrogens (tertiary/aromatic N) is 1. The second-order valence-electron chi connectivity index (χ2n) is 5.51. The molecule has 1 amide bonds. The predicted octanol–water partition coefficient (Wildman–Crippen LogP) is 2.73. The normalized spacial score (nSPS) is 22.8. The number of halogens is 2. The SMILES string of the molecule is CC1(CN)CCN(C(=O)Cc2ccc(Cl)c(Cl)c2)C1. The number of hydrogen-bond acceptors (Lipinski definition) is 2. The average Bonchev–Trinajstić information content (AvgIpc) is 2.78. The van der Waals surface area contributed by atoms with E-state index in [9.17, 15) is 4.79 Å². The number of amides is 1. The van der Waals surface area contributed by atoms with Gasteiger partial charge in [-0.3, -0.25) is 4.79 Å². The fourth-order valence-corrected chi connectivity index (χ4v) is 2.66. The van der Waals surface area contributed by atoms with Crippen molar-refractivity contribution in [2.45, 2.75) is 19.8 Å². The molecule has 1 unspecified atom stereocenters. The molecule has 1 saturated heterocycles. The van der Waals surface area contributed by atoms with Gasteiger partial charge < -0.3 is 10.6 Å². The molecule has 0 bridgehead atoms. The number of carbonyl (C=O) groups excluding carboxylic acids is 1. The molecule has 0 saturated carbocycles. The van der Waals surface area contributed by atoms with Crippen LogP contribution in [0.25, 0.3) is 0 Å². The van der Waals surface area contributed by atoms with E-state index in [4.69, 9.17) is 28.9 Å². The third kappa shape index (κ3) is 3.41. The van der Waals surface area contributed by atoms with Gasteiger partial charge in [0.1, 0.15) is 0 Å². The Morgan fingerprint density at radius 1 is 1.42 bits per heavy atom. The van der Waals surface area contributed by atoms with Gasteiger partial charge in [-0.1, -0.05) is 36.2 Å². The van der Waals surface area contributed by atoms with Gasteiger partial charge in [-0.2, -0.15) is 0 Å². The van der Waals surface area contributed by atoms with Crippen LogP contribution in [0.1, 0.15) is 18.9 Å². The maximum atomic E-state index is 12.2. The van der Waals surface area contributed by atoms with Gasteiger partial charge in [0.15, 0.2) is 0 Å². The molecule has 0 aromatic heterocycles. The van der Waals surface area contributed by atoms with Gasteiger partial charge in [0.05, 0.1) is 16.5 Å². The summed E-state index contributed by atoms with van der Waals surface area (Å²) in [7, 11) is 0. The lowest BCUT2D eigenvalue weighted by atomic mass is 9.90. The highest BCUT2D eigenvalue weighted by Crippen LogP contribution is 2.29. The molecular formula is C14H18Cl2N2O. The first-order valence-electron chi connectivity index (χ1n) is 6.35. The Labute approximate surface area is 123 Å². The number of benzene rings is 1. The first-order valence-corrected chi connectivity index (χ1v) is 7.11. The lowest BCUT2D eigenvalue weighted by Gasteiger charge is -2.22. The standard InChI is InChI=1S/C14H18Cl2N2O/c1-14(8-17)4-5-18(9-14)13(19)7-10-2-3-11(15)12(16)6-10/h2-3,6H,4-5,7-9,17H2,1H3. The lowest BCUT2D eigenvalue weighted by Crippen LogP contribution is -2.35. The quantitative estimate of drug-likeness (QED) is 0.933. The minimum atomic E-state index is 0.0628. The monoisotopic (exact) mass is 300 g/mol. The van der Waals surface area contributed by atoms with Crippen LogP contribution in [0.4, 0.5) is 0 Å². The summed E-state index contributed by atoms with van der Waals surface area (Å²) in [5, 5.41) is 0.995. The van der Waals surface area contributed by atoms with Gasteiger partial charge in [0.2, 0.25) is 5.91 Å². The van der Waals surface area contributed by atoms with E-state index in [1.54, 1.807) is 12.1 Å². The van der Waals surface area contributed by atoms with Crippen molar-refractivity contribution in [3.63, 3.8) is 0 Å². The third-order valence-electron chi connectivity index (χ3n) is 3.74. The zero-order valence-corrected chi connectivity index (χ0v) is 12.5. The minimum absolute atomic E-state index is 0.0628.